The van der Waals surface area contributed by atoms with Gasteiger partial charge in [-0.1, -0.05) is 0 Å². The van der Waals surface area contributed by atoms with Crippen molar-refractivity contribution in [2.24, 2.45) is 5.73 Å². The van der Waals surface area contributed by atoms with E-state index in [4.69, 9.17) is 5.73 Å². The summed E-state index contributed by atoms with van der Waals surface area (Å²) in [6, 6.07) is 0. The molecule has 0 aliphatic heterocycles. The Morgan fingerprint density at radius 2 is 1.80 bits per heavy atom. The predicted molar refractivity (Wildman–Crippen MR) is 19.0 cm³/mol. The van der Waals surface area contributed by atoms with Crippen LogP contribution in [0.3, 0.4) is 0 Å². The van der Waals surface area contributed by atoms with Crippen LogP contribution in [0.2, 0.25) is 0 Å². The van der Waals surface area contributed by atoms with Crippen LogP contribution in [-0.4, -0.2) is 6.54 Å². The summed E-state index contributed by atoms with van der Waals surface area (Å²) in [5.74, 6) is 0. The van der Waals surface area contributed by atoms with E-state index in [0.29, 0.717) is 6.54 Å². The second kappa shape index (κ2) is 8.82. The van der Waals surface area contributed by atoms with Gasteiger partial charge in [0.15, 0.2) is 0 Å². The zero-order chi connectivity index (χ0) is 3.41. The summed E-state index contributed by atoms with van der Waals surface area (Å²) in [6.07, 6.45) is 0.847. The van der Waals surface area contributed by atoms with Gasteiger partial charge in [0.25, 0.3) is 0 Å². The van der Waals surface area contributed by atoms with Gasteiger partial charge in [-0.15, -0.1) is 0 Å². The molecule has 0 aromatic carbocycles. The SMILES string of the molecule is [CH2-]CCN.[Pt]. The van der Waals surface area contributed by atoms with Gasteiger partial charge in [0.2, 0.25) is 0 Å². The van der Waals surface area contributed by atoms with Gasteiger partial charge in [0, 0.05) is 21.1 Å². The van der Waals surface area contributed by atoms with Gasteiger partial charge < -0.3 is 12.7 Å². The molecule has 0 aliphatic carbocycles. The third kappa shape index (κ3) is 12.0. The van der Waals surface area contributed by atoms with Gasteiger partial charge in [-0.3, -0.25) is 0 Å². The monoisotopic (exact) mass is 253 g/mol. The Hall–Kier alpha value is 0.648. The van der Waals surface area contributed by atoms with E-state index in [-0.39, 0.29) is 21.1 Å². The van der Waals surface area contributed by atoms with Gasteiger partial charge in [-0.25, -0.2) is 0 Å². The van der Waals surface area contributed by atoms with Crippen molar-refractivity contribution >= 4 is 0 Å². The van der Waals surface area contributed by atoms with E-state index in [9.17, 15) is 0 Å². The topological polar surface area (TPSA) is 26.0 Å². The van der Waals surface area contributed by atoms with Gasteiger partial charge in [-0.05, 0) is 6.54 Å². The zero-order valence-corrected chi connectivity index (χ0v) is 5.29. The third-order valence-corrected chi connectivity index (χ3v) is 0.204. The molecule has 0 amide bonds. The maximum atomic E-state index is 4.97. The Labute approximate surface area is 47.2 Å². The average molecular weight is 253 g/mol. The van der Waals surface area contributed by atoms with Crippen LogP contribution in [-0.2, 0) is 21.1 Å². The predicted octanol–water partition coefficient (Wildman–Crippen LogP) is 0.167. The Kier molecular flexibility index (Phi) is 16.2. The quantitative estimate of drug-likeness (QED) is 0.662. The van der Waals surface area contributed by atoms with E-state index in [1.165, 1.54) is 0 Å². The van der Waals surface area contributed by atoms with Crippen molar-refractivity contribution in [3.63, 3.8) is 0 Å². The van der Waals surface area contributed by atoms with Crippen molar-refractivity contribution in [2.45, 2.75) is 6.42 Å². The van der Waals surface area contributed by atoms with Crippen LogP contribution in [0.5, 0.6) is 0 Å². The molecule has 0 aromatic rings. The summed E-state index contributed by atoms with van der Waals surface area (Å²) in [6.45, 7) is 4.19. The fraction of sp³-hybridized carbons (Fsp3) is 0.667. The standard InChI is InChI=1S/C3H8N.Pt/c1-2-3-4;/h1-4H2;/q-1;. The van der Waals surface area contributed by atoms with Gasteiger partial charge >= 0.3 is 0 Å². The first kappa shape index (κ1) is 9.17. The maximum absolute atomic E-state index is 4.97. The van der Waals surface area contributed by atoms with Crippen molar-refractivity contribution < 1.29 is 21.1 Å². The second-order valence-electron chi connectivity index (χ2n) is 0.642. The summed E-state index contributed by atoms with van der Waals surface area (Å²) in [4.78, 5) is 0. The summed E-state index contributed by atoms with van der Waals surface area (Å²) < 4.78 is 0. The van der Waals surface area contributed by atoms with E-state index < -0.39 is 0 Å². The van der Waals surface area contributed by atoms with Gasteiger partial charge in [0.1, 0.15) is 0 Å². The Morgan fingerprint density at radius 3 is 1.80 bits per heavy atom. The molecule has 0 saturated carbocycles. The maximum Gasteiger partial charge on any atom is 0 e. The summed E-state index contributed by atoms with van der Waals surface area (Å²) in [7, 11) is 0. The fourth-order valence-electron chi connectivity index (χ4n) is 0. The molecular formula is C3H8NPt-. The molecule has 0 fully saturated rings. The molecular weight excluding hydrogens is 245 g/mol. The van der Waals surface area contributed by atoms with Crippen molar-refractivity contribution in [2.75, 3.05) is 6.54 Å². The van der Waals surface area contributed by atoms with Gasteiger partial charge in [0.05, 0.1) is 0 Å². The van der Waals surface area contributed by atoms with E-state index in [2.05, 4.69) is 6.92 Å². The van der Waals surface area contributed by atoms with Crippen molar-refractivity contribution in [3.8, 4) is 0 Å². The molecule has 36 valence electrons. The van der Waals surface area contributed by atoms with Gasteiger partial charge in [-0.2, -0.15) is 6.42 Å². The first-order valence-electron chi connectivity index (χ1n) is 1.41. The summed E-state index contributed by atoms with van der Waals surface area (Å²) in [5.41, 5.74) is 4.97. The number of rotatable bonds is 1. The molecule has 0 rings (SSSR count). The van der Waals surface area contributed by atoms with Crippen molar-refractivity contribution in [1.29, 1.82) is 0 Å². The largest absolute Gasteiger partial charge is 0.342 e. The van der Waals surface area contributed by atoms with Crippen LogP contribution in [0.25, 0.3) is 0 Å². The van der Waals surface area contributed by atoms with Crippen molar-refractivity contribution in [3.05, 3.63) is 6.92 Å². The molecule has 0 unspecified atom stereocenters. The minimum absolute atomic E-state index is 0. The molecule has 0 aromatic heterocycles. The minimum Gasteiger partial charge on any atom is -0.342 e. The molecule has 0 heterocycles. The first-order chi connectivity index (χ1) is 1.91. The molecule has 2 heteroatoms. The van der Waals surface area contributed by atoms with Crippen LogP contribution in [0.4, 0.5) is 0 Å². The molecule has 0 saturated heterocycles. The average Bonchev–Trinajstić information content (AvgIpc) is 1.37. The molecule has 2 N–H and O–H groups in total. The Balaban J connectivity index is 0. The van der Waals surface area contributed by atoms with E-state index in [0.717, 1.165) is 6.42 Å². The van der Waals surface area contributed by atoms with Crippen LogP contribution < -0.4 is 5.73 Å². The van der Waals surface area contributed by atoms with Crippen LogP contribution in [0.1, 0.15) is 6.42 Å². The van der Waals surface area contributed by atoms with Crippen molar-refractivity contribution in [1.82, 2.24) is 0 Å². The van der Waals surface area contributed by atoms with E-state index in [1.807, 2.05) is 0 Å². The smallest absolute Gasteiger partial charge is 0 e. The molecule has 1 nitrogen and oxygen atoms in total. The third-order valence-electron chi connectivity index (χ3n) is 0.204. The number of nitrogens with two attached hydrogens (primary N) is 1. The number of hydrogen-bond acceptors (Lipinski definition) is 1. The first-order valence-corrected chi connectivity index (χ1v) is 1.41. The summed E-state index contributed by atoms with van der Waals surface area (Å²) in [5, 5.41) is 0. The second-order valence-corrected chi connectivity index (χ2v) is 0.642. The van der Waals surface area contributed by atoms with E-state index >= 15 is 0 Å². The Bertz CT molecular complexity index is 8.85. The molecule has 0 spiro atoms. The molecule has 0 radical (unpaired) electrons. The van der Waals surface area contributed by atoms with Crippen LogP contribution >= 0.6 is 0 Å². The molecule has 5 heavy (non-hydrogen) atoms. The minimum atomic E-state index is 0. The normalized spacial score (nSPS) is 6.00. The Morgan fingerprint density at radius 1 is 1.60 bits per heavy atom. The molecule has 0 bridgehead atoms. The van der Waals surface area contributed by atoms with E-state index in [1.54, 1.807) is 0 Å². The zero-order valence-electron chi connectivity index (χ0n) is 3.01. The molecule has 0 aliphatic rings. The summed E-state index contributed by atoms with van der Waals surface area (Å²) >= 11 is 0. The fourth-order valence-corrected chi connectivity index (χ4v) is 0. The number of hydrogen-bond donors (Lipinski definition) is 1. The van der Waals surface area contributed by atoms with Crippen LogP contribution in [0, 0.1) is 6.92 Å². The molecule has 0 atom stereocenters. The van der Waals surface area contributed by atoms with Crippen LogP contribution in [0.15, 0.2) is 0 Å².